The Morgan fingerprint density at radius 3 is 2.40 bits per heavy atom. The summed E-state index contributed by atoms with van der Waals surface area (Å²) in [5.41, 5.74) is 1.66. The zero-order valence-corrected chi connectivity index (χ0v) is 25.7. The first-order valence-corrected chi connectivity index (χ1v) is 14.0. The molecule has 40 heavy (non-hydrogen) atoms. The number of hydrogen-bond acceptors (Lipinski definition) is 10. The Hall–Kier alpha value is -3.65. The molecule has 3 aromatic rings. The van der Waals surface area contributed by atoms with Crippen molar-refractivity contribution in [1.82, 2.24) is 4.57 Å². The van der Waals surface area contributed by atoms with Crippen molar-refractivity contribution in [3.05, 3.63) is 76.0 Å². The Kier molecular flexibility index (Phi) is 8.98. The van der Waals surface area contributed by atoms with Gasteiger partial charge in [-0.3, -0.25) is 14.2 Å². The zero-order valence-electron chi connectivity index (χ0n) is 22.7. The molecule has 0 N–H and O–H groups in total. The molecule has 0 aliphatic carbocycles. The summed E-state index contributed by atoms with van der Waals surface area (Å²) in [5, 5.41) is 0. The van der Waals surface area contributed by atoms with Gasteiger partial charge in [0.2, 0.25) is 0 Å². The number of hydrogen-bond donors (Lipinski definition) is 0. The molecule has 0 saturated heterocycles. The Morgan fingerprint density at radius 2 is 1.77 bits per heavy atom. The van der Waals surface area contributed by atoms with Crippen LogP contribution in [0.2, 0.25) is 0 Å². The second kappa shape index (κ2) is 12.3. The number of nitrogens with zero attached hydrogens (tertiary/aromatic N) is 2. The van der Waals surface area contributed by atoms with E-state index in [4.69, 9.17) is 23.7 Å². The Morgan fingerprint density at radius 1 is 1.07 bits per heavy atom. The van der Waals surface area contributed by atoms with Gasteiger partial charge in [-0.2, -0.15) is 0 Å². The normalized spacial score (nSPS) is 14.8. The van der Waals surface area contributed by atoms with Crippen molar-refractivity contribution in [2.75, 3.05) is 27.9 Å². The monoisotopic (exact) mass is 678 g/mol. The summed E-state index contributed by atoms with van der Waals surface area (Å²) in [5.74, 6) is 0.591. The number of carbonyl (C=O) groups is 2. The highest BCUT2D eigenvalue weighted by Crippen LogP contribution is 2.36. The molecule has 1 aliphatic heterocycles. The molecule has 10 nitrogen and oxygen atoms in total. The van der Waals surface area contributed by atoms with Crippen LogP contribution in [0.4, 0.5) is 0 Å². The number of carbonyl (C=O) groups excluding carboxylic acids is 2. The van der Waals surface area contributed by atoms with E-state index in [9.17, 15) is 14.4 Å². The number of halogens is 1. The highest BCUT2D eigenvalue weighted by atomic mass is 127. The highest BCUT2D eigenvalue weighted by molar-refractivity contribution is 14.1. The molecule has 0 amide bonds. The molecule has 0 radical (unpaired) electrons. The minimum Gasteiger partial charge on any atom is -0.493 e. The van der Waals surface area contributed by atoms with E-state index >= 15 is 0 Å². The first kappa shape index (κ1) is 29.3. The second-order valence-corrected chi connectivity index (χ2v) is 10.7. The molecule has 2 aromatic carbocycles. The third kappa shape index (κ3) is 5.63. The zero-order chi connectivity index (χ0) is 29.1. The third-order valence-corrected chi connectivity index (χ3v) is 7.82. The SMILES string of the molecule is CCOC(=O)C1=C(C)N=c2s/c(=C\c3cc(I)c(OC(C)=O)c(OC)c3)c(=O)n2[C@H]1c1ccc(OC)c(OC)c1. The van der Waals surface area contributed by atoms with Gasteiger partial charge in [0, 0.05) is 6.92 Å². The first-order chi connectivity index (χ1) is 19.1. The van der Waals surface area contributed by atoms with Gasteiger partial charge in [-0.1, -0.05) is 17.4 Å². The van der Waals surface area contributed by atoms with Crippen LogP contribution in [0.1, 0.15) is 37.9 Å². The number of allylic oxidation sites excluding steroid dienone is 1. The molecule has 1 atom stereocenters. The molecule has 4 rings (SSSR count). The molecular formula is C28H27IN2O8S. The fraction of sp³-hybridized carbons (Fsp3) is 0.286. The van der Waals surface area contributed by atoms with E-state index in [1.807, 2.05) is 22.6 Å². The summed E-state index contributed by atoms with van der Waals surface area (Å²) in [6.45, 7) is 4.92. The van der Waals surface area contributed by atoms with Gasteiger partial charge in [-0.25, -0.2) is 9.79 Å². The molecular weight excluding hydrogens is 651 g/mol. The van der Waals surface area contributed by atoms with E-state index in [1.165, 1.54) is 44.2 Å². The van der Waals surface area contributed by atoms with E-state index in [0.29, 0.717) is 52.7 Å². The molecule has 0 bridgehead atoms. The fourth-order valence-electron chi connectivity index (χ4n) is 4.35. The number of benzene rings is 2. The van der Waals surface area contributed by atoms with Gasteiger partial charge in [-0.15, -0.1) is 0 Å². The predicted octanol–water partition coefficient (Wildman–Crippen LogP) is 3.35. The van der Waals surface area contributed by atoms with Crippen LogP contribution in [-0.2, 0) is 14.3 Å². The summed E-state index contributed by atoms with van der Waals surface area (Å²) in [6.07, 6.45) is 1.71. The van der Waals surface area contributed by atoms with Crippen molar-refractivity contribution >= 4 is 51.9 Å². The van der Waals surface area contributed by atoms with Crippen LogP contribution in [-0.4, -0.2) is 44.4 Å². The lowest BCUT2D eigenvalue weighted by atomic mass is 9.95. The van der Waals surface area contributed by atoms with Crippen LogP contribution in [0.3, 0.4) is 0 Å². The van der Waals surface area contributed by atoms with Crippen LogP contribution < -0.4 is 33.8 Å². The Labute approximate surface area is 247 Å². The van der Waals surface area contributed by atoms with Crippen molar-refractivity contribution in [2.45, 2.75) is 26.8 Å². The lowest BCUT2D eigenvalue weighted by molar-refractivity contribution is -0.139. The van der Waals surface area contributed by atoms with Crippen LogP contribution >= 0.6 is 33.9 Å². The summed E-state index contributed by atoms with van der Waals surface area (Å²) in [6, 6.07) is 7.89. The number of methoxy groups -OCH3 is 3. The van der Waals surface area contributed by atoms with Gasteiger partial charge < -0.3 is 23.7 Å². The lowest BCUT2D eigenvalue weighted by Gasteiger charge is -2.25. The summed E-state index contributed by atoms with van der Waals surface area (Å²) in [7, 11) is 4.52. The maximum absolute atomic E-state index is 13.9. The topological polar surface area (TPSA) is 115 Å². The first-order valence-electron chi connectivity index (χ1n) is 12.1. The molecule has 1 aliphatic rings. The quantitative estimate of drug-likeness (QED) is 0.203. The fourth-order valence-corrected chi connectivity index (χ4v) is 6.13. The lowest BCUT2D eigenvalue weighted by Crippen LogP contribution is -2.40. The molecule has 0 spiro atoms. The maximum atomic E-state index is 13.9. The Balaban J connectivity index is 1.94. The van der Waals surface area contributed by atoms with E-state index in [0.717, 1.165) is 0 Å². The van der Waals surface area contributed by atoms with Gasteiger partial charge >= 0.3 is 11.9 Å². The molecule has 12 heteroatoms. The number of aromatic nitrogens is 1. The van der Waals surface area contributed by atoms with Crippen molar-refractivity contribution in [3.63, 3.8) is 0 Å². The maximum Gasteiger partial charge on any atom is 0.338 e. The standard InChI is InChI=1S/C28H27IN2O8S/c1-7-38-27(34)23-14(2)30-28-31(24(23)17-8-9-19(35-4)20(13-17)36-5)26(33)22(40-28)12-16-10-18(29)25(39-15(3)32)21(11-16)37-6/h8-13,24H,7H2,1-6H3/b22-12-/t24-/m0/s1. The molecule has 1 aromatic heterocycles. The Bertz CT molecular complexity index is 1710. The average Bonchev–Trinajstić information content (AvgIpc) is 3.22. The summed E-state index contributed by atoms with van der Waals surface area (Å²) in [4.78, 5) is 43.6. The van der Waals surface area contributed by atoms with Gasteiger partial charge in [0.05, 0.1) is 53.4 Å². The molecule has 0 unspecified atom stereocenters. The van der Waals surface area contributed by atoms with E-state index in [2.05, 4.69) is 4.99 Å². The largest absolute Gasteiger partial charge is 0.493 e. The second-order valence-electron chi connectivity index (χ2n) is 8.54. The molecule has 2 heterocycles. The van der Waals surface area contributed by atoms with E-state index < -0.39 is 18.0 Å². The minimum absolute atomic E-state index is 0.169. The van der Waals surface area contributed by atoms with Crippen molar-refractivity contribution in [2.24, 2.45) is 4.99 Å². The van der Waals surface area contributed by atoms with Crippen LogP contribution in [0, 0.1) is 3.57 Å². The molecule has 0 fully saturated rings. The highest BCUT2D eigenvalue weighted by Gasteiger charge is 2.34. The smallest absolute Gasteiger partial charge is 0.338 e. The van der Waals surface area contributed by atoms with Gasteiger partial charge in [0.25, 0.3) is 5.56 Å². The number of fused-ring (bicyclic) bond motifs is 1. The van der Waals surface area contributed by atoms with Gasteiger partial charge in [-0.05, 0) is 77.9 Å². The average molecular weight is 679 g/mol. The third-order valence-electron chi connectivity index (χ3n) is 6.04. The number of ether oxygens (including phenoxy) is 5. The van der Waals surface area contributed by atoms with Crippen molar-refractivity contribution < 1.29 is 33.3 Å². The molecule has 210 valence electrons. The van der Waals surface area contributed by atoms with Crippen LogP contribution in [0.5, 0.6) is 23.0 Å². The van der Waals surface area contributed by atoms with Crippen LogP contribution in [0.25, 0.3) is 6.08 Å². The molecule has 0 saturated carbocycles. The summed E-state index contributed by atoms with van der Waals surface area (Å²) >= 11 is 3.24. The summed E-state index contributed by atoms with van der Waals surface area (Å²) < 4.78 is 29.5. The number of thiazole rings is 1. The predicted molar refractivity (Wildman–Crippen MR) is 157 cm³/mol. The van der Waals surface area contributed by atoms with E-state index in [1.54, 1.807) is 50.3 Å². The minimum atomic E-state index is -0.807. The van der Waals surface area contributed by atoms with Crippen molar-refractivity contribution in [1.29, 1.82) is 0 Å². The van der Waals surface area contributed by atoms with Gasteiger partial charge in [0.15, 0.2) is 27.8 Å². The van der Waals surface area contributed by atoms with Gasteiger partial charge in [0.1, 0.15) is 0 Å². The van der Waals surface area contributed by atoms with Crippen molar-refractivity contribution in [3.8, 4) is 23.0 Å². The van der Waals surface area contributed by atoms with Crippen LogP contribution in [0.15, 0.2) is 51.4 Å². The van der Waals surface area contributed by atoms with E-state index in [-0.39, 0.29) is 17.7 Å². The number of rotatable bonds is 8. The number of esters is 2.